The zero-order valence-corrected chi connectivity index (χ0v) is 11.6. The van der Waals surface area contributed by atoms with E-state index in [9.17, 15) is 9.59 Å². The number of anilines is 1. The van der Waals surface area contributed by atoms with Crippen molar-refractivity contribution in [2.75, 3.05) is 4.90 Å². The number of para-hydroxylation sites is 1. The van der Waals surface area contributed by atoms with Crippen LogP contribution in [0.3, 0.4) is 0 Å². The van der Waals surface area contributed by atoms with E-state index in [1.807, 2.05) is 0 Å². The summed E-state index contributed by atoms with van der Waals surface area (Å²) in [5.41, 5.74) is 0.526. The molecular formula is C16H14ClNO2. The smallest absolute Gasteiger partial charge is 0.238 e. The minimum absolute atomic E-state index is 0.0767. The van der Waals surface area contributed by atoms with Crippen molar-refractivity contribution < 1.29 is 9.59 Å². The number of hydrogen-bond acceptors (Lipinski definition) is 2. The Morgan fingerprint density at radius 3 is 2.00 bits per heavy atom. The highest BCUT2D eigenvalue weighted by Crippen LogP contribution is 2.50. The molecule has 2 fully saturated rings. The molecule has 1 saturated heterocycles. The van der Waals surface area contributed by atoms with Crippen molar-refractivity contribution in [2.45, 2.75) is 12.8 Å². The van der Waals surface area contributed by atoms with Crippen LogP contribution in [0.2, 0.25) is 5.02 Å². The number of benzene rings is 1. The van der Waals surface area contributed by atoms with Gasteiger partial charge < -0.3 is 0 Å². The minimum Gasteiger partial charge on any atom is -0.274 e. The summed E-state index contributed by atoms with van der Waals surface area (Å²) in [7, 11) is 0. The van der Waals surface area contributed by atoms with Crippen LogP contribution in [0.5, 0.6) is 0 Å². The largest absolute Gasteiger partial charge is 0.274 e. The number of imide groups is 1. The number of fused-ring (bicyclic) bond motifs is 1. The van der Waals surface area contributed by atoms with Gasteiger partial charge in [0.1, 0.15) is 0 Å². The van der Waals surface area contributed by atoms with Gasteiger partial charge >= 0.3 is 0 Å². The van der Waals surface area contributed by atoms with Gasteiger partial charge in [0.2, 0.25) is 11.8 Å². The van der Waals surface area contributed by atoms with Crippen molar-refractivity contribution in [3.8, 4) is 0 Å². The molecule has 1 aromatic carbocycles. The lowest BCUT2D eigenvalue weighted by molar-refractivity contribution is -0.124. The van der Waals surface area contributed by atoms with Crippen LogP contribution in [-0.2, 0) is 9.59 Å². The molecule has 4 aliphatic rings. The third-order valence-corrected chi connectivity index (χ3v) is 5.17. The molecule has 0 N–H and O–H groups in total. The normalized spacial score (nSPS) is 34.8. The summed E-state index contributed by atoms with van der Waals surface area (Å²) < 4.78 is 0. The first-order valence-corrected chi connectivity index (χ1v) is 7.37. The maximum absolute atomic E-state index is 12.7. The van der Waals surface area contributed by atoms with E-state index in [4.69, 9.17) is 11.6 Å². The fourth-order valence-electron chi connectivity index (χ4n) is 3.94. The van der Waals surface area contributed by atoms with E-state index in [-0.39, 0.29) is 35.5 Å². The maximum Gasteiger partial charge on any atom is 0.238 e. The number of amides is 2. The molecule has 20 heavy (non-hydrogen) atoms. The van der Waals surface area contributed by atoms with Gasteiger partial charge in [-0.05, 0) is 36.8 Å². The van der Waals surface area contributed by atoms with Gasteiger partial charge in [0.05, 0.1) is 22.5 Å². The second-order valence-electron chi connectivity index (χ2n) is 5.80. The summed E-state index contributed by atoms with van der Waals surface area (Å²) in [6.45, 7) is 0. The lowest BCUT2D eigenvalue weighted by Crippen LogP contribution is -2.38. The Bertz CT molecular complexity index is 607. The Labute approximate surface area is 122 Å². The van der Waals surface area contributed by atoms with Crippen molar-refractivity contribution in [1.29, 1.82) is 0 Å². The molecule has 0 radical (unpaired) electrons. The molecule has 2 bridgehead atoms. The maximum atomic E-state index is 12.7. The van der Waals surface area contributed by atoms with E-state index in [1.165, 1.54) is 4.90 Å². The lowest BCUT2D eigenvalue weighted by atomic mass is 9.63. The summed E-state index contributed by atoms with van der Waals surface area (Å²) >= 11 is 6.16. The number of nitrogens with zero attached hydrogens (tertiary/aromatic N) is 1. The summed E-state index contributed by atoms with van der Waals surface area (Å²) in [4.78, 5) is 26.7. The Balaban J connectivity index is 1.80. The monoisotopic (exact) mass is 287 g/mol. The molecule has 3 aliphatic carbocycles. The molecule has 0 aromatic heterocycles. The molecule has 2 amide bonds. The highest BCUT2D eigenvalue weighted by Gasteiger charge is 2.57. The molecule has 1 saturated carbocycles. The number of halogens is 1. The molecule has 0 unspecified atom stereocenters. The van der Waals surface area contributed by atoms with Gasteiger partial charge in [0.15, 0.2) is 0 Å². The van der Waals surface area contributed by atoms with Gasteiger partial charge in [-0.25, -0.2) is 4.90 Å². The predicted molar refractivity (Wildman–Crippen MR) is 76.3 cm³/mol. The SMILES string of the molecule is O=C1[C@@H]2[C@@H](C(=O)N1c1ccccc1Cl)[C@@H]1C=C[C@@H]2CC1. The molecule has 1 heterocycles. The number of carbonyl (C=O) groups excluding carboxylic acids is 2. The molecule has 102 valence electrons. The molecule has 5 rings (SSSR count). The van der Waals surface area contributed by atoms with Crippen LogP contribution >= 0.6 is 11.6 Å². The quantitative estimate of drug-likeness (QED) is 0.588. The van der Waals surface area contributed by atoms with Crippen LogP contribution in [0.1, 0.15) is 12.8 Å². The van der Waals surface area contributed by atoms with Crippen LogP contribution in [0.15, 0.2) is 36.4 Å². The van der Waals surface area contributed by atoms with Crippen LogP contribution in [0.25, 0.3) is 0 Å². The molecule has 1 aliphatic heterocycles. The van der Waals surface area contributed by atoms with Gasteiger partial charge in [0.25, 0.3) is 0 Å². The average Bonchev–Trinajstić information content (AvgIpc) is 2.75. The van der Waals surface area contributed by atoms with Gasteiger partial charge in [-0.1, -0.05) is 35.9 Å². The molecule has 0 spiro atoms. The Hall–Kier alpha value is -1.61. The number of carbonyl (C=O) groups is 2. The van der Waals surface area contributed by atoms with Crippen LogP contribution in [0, 0.1) is 23.7 Å². The molecule has 3 nitrogen and oxygen atoms in total. The topological polar surface area (TPSA) is 37.4 Å². The number of allylic oxidation sites excluding steroid dienone is 2. The number of hydrogen-bond donors (Lipinski definition) is 0. The lowest BCUT2D eigenvalue weighted by Gasteiger charge is -2.38. The van der Waals surface area contributed by atoms with E-state index in [1.54, 1.807) is 24.3 Å². The van der Waals surface area contributed by atoms with E-state index < -0.39 is 0 Å². The van der Waals surface area contributed by atoms with Gasteiger partial charge in [-0.15, -0.1) is 0 Å². The summed E-state index contributed by atoms with van der Waals surface area (Å²) in [5, 5.41) is 0.452. The van der Waals surface area contributed by atoms with Crippen molar-refractivity contribution in [1.82, 2.24) is 0 Å². The third kappa shape index (κ3) is 1.47. The Morgan fingerprint density at radius 2 is 1.50 bits per heavy atom. The van der Waals surface area contributed by atoms with E-state index in [0.29, 0.717) is 10.7 Å². The Kier molecular flexibility index (Phi) is 2.55. The predicted octanol–water partition coefficient (Wildman–Crippen LogP) is 3.04. The van der Waals surface area contributed by atoms with Gasteiger partial charge in [-0.2, -0.15) is 0 Å². The summed E-state index contributed by atoms with van der Waals surface area (Å²) in [6.07, 6.45) is 6.27. The van der Waals surface area contributed by atoms with Crippen molar-refractivity contribution in [3.05, 3.63) is 41.4 Å². The standard InChI is InChI=1S/C16H14ClNO2/c17-11-3-1-2-4-12(11)18-15(19)13-9-5-6-10(8-7-9)14(13)16(18)20/h1-6,9-10,13-14H,7-8H2/t9-,10-,13+,14+/m1/s1. The van der Waals surface area contributed by atoms with Crippen molar-refractivity contribution in [3.63, 3.8) is 0 Å². The first kappa shape index (κ1) is 12.2. The van der Waals surface area contributed by atoms with Crippen LogP contribution in [0.4, 0.5) is 5.69 Å². The van der Waals surface area contributed by atoms with E-state index in [2.05, 4.69) is 12.2 Å². The van der Waals surface area contributed by atoms with Crippen LogP contribution in [-0.4, -0.2) is 11.8 Å². The third-order valence-electron chi connectivity index (χ3n) is 4.85. The fourth-order valence-corrected chi connectivity index (χ4v) is 4.16. The molecule has 1 aromatic rings. The van der Waals surface area contributed by atoms with Crippen molar-refractivity contribution >= 4 is 29.1 Å². The first-order chi connectivity index (χ1) is 9.68. The van der Waals surface area contributed by atoms with E-state index in [0.717, 1.165) is 12.8 Å². The summed E-state index contributed by atoms with van der Waals surface area (Å²) in [5.74, 6) is -0.0766. The van der Waals surface area contributed by atoms with Crippen molar-refractivity contribution in [2.24, 2.45) is 23.7 Å². The van der Waals surface area contributed by atoms with Crippen LogP contribution < -0.4 is 4.90 Å². The second kappa shape index (κ2) is 4.19. The minimum atomic E-state index is -0.178. The van der Waals surface area contributed by atoms with Gasteiger partial charge in [0, 0.05) is 0 Å². The molecule has 4 heteroatoms. The van der Waals surface area contributed by atoms with Gasteiger partial charge in [-0.3, -0.25) is 9.59 Å². The summed E-state index contributed by atoms with van der Waals surface area (Å²) in [6, 6.07) is 7.06. The first-order valence-electron chi connectivity index (χ1n) is 6.99. The Morgan fingerprint density at radius 1 is 0.950 bits per heavy atom. The second-order valence-corrected chi connectivity index (χ2v) is 6.21. The molecule has 4 atom stereocenters. The fraction of sp³-hybridized carbons (Fsp3) is 0.375. The highest BCUT2D eigenvalue weighted by atomic mass is 35.5. The zero-order chi connectivity index (χ0) is 13.9. The van der Waals surface area contributed by atoms with E-state index >= 15 is 0 Å². The molecular weight excluding hydrogens is 274 g/mol. The average molecular weight is 288 g/mol. The zero-order valence-electron chi connectivity index (χ0n) is 10.8. The number of rotatable bonds is 1. The highest BCUT2D eigenvalue weighted by molar-refractivity contribution is 6.36.